The second-order valence-electron chi connectivity index (χ2n) is 7.40. The molecule has 0 aromatic heterocycles. The van der Waals surface area contributed by atoms with Gasteiger partial charge in [-0.15, -0.1) is 0 Å². The highest BCUT2D eigenvalue weighted by Gasteiger charge is 2.34. The second-order valence-corrected chi connectivity index (χ2v) is 7.40. The molecule has 3 aromatic rings. The van der Waals surface area contributed by atoms with Gasteiger partial charge in [-0.2, -0.15) is 10.1 Å². The predicted molar refractivity (Wildman–Crippen MR) is 118 cm³/mol. The summed E-state index contributed by atoms with van der Waals surface area (Å²) >= 11 is 0. The normalized spacial score (nSPS) is 16.4. The van der Waals surface area contributed by atoms with Crippen LogP contribution in [0.4, 0.5) is 5.69 Å². The fourth-order valence-electron chi connectivity index (χ4n) is 4.07. The monoisotopic (exact) mass is 415 g/mol. The molecule has 0 N–H and O–H groups in total. The third-order valence-electron chi connectivity index (χ3n) is 5.65. The van der Waals surface area contributed by atoms with Gasteiger partial charge in [0.15, 0.2) is 0 Å². The average Bonchev–Trinajstić information content (AvgIpc) is 2.83. The van der Waals surface area contributed by atoms with Gasteiger partial charge in [0.25, 0.3) is 11.8 Å². The van der Waals surface area contributed by atoms with E-state index in [0.29, 0.717) is 29.7 Å². The molecule has 0 radical (unpaired) electrons. The molecular formula is C24H21N3O4. The van der Waals surface area contributed by atoms with Crippen LogP contribution in [0.3, 0.4) is 0 Å². The molecule has 0 aliphatic carbocycles. The van der Waals surface area contributed by atoms with Crippen molar-refractivity contribution < 1.29 is 19.1 Å². The minimum absolute atomic E-state index is 0.424. The maximum absolute atomic E-state index is 13.2. The maximum atomic E-state index is 13.2. The van der Waals surface area contributed by atoms with E-state index in [-0.39, 0.29) is 0 Å². The van der Waals surface area contributed by atoms with Gasteiger partial charge in [-0.05, 0) is 48.0 Å². The lowest BCUT2D eigenvalue weighted by molar-refractivity contribution is 0.0616. The molecule has 5 rings (SSSR count). The lowest BCUT2D eigenvalue weighted by atomic mass is 9.93. The first-order valence-electron chi connectivity index (χ1n) is 10.1. The maximum Gasteiger partial charge on any atom is 0.282 e. The molecule has 0 saturated carbocycles. The fraction of sp³-hybridized carbons (Fsp3) is 0.208. The molecule has 0 bridgehead atoms. The molecule has 3 aromatic carbocycles. The minimum Gasteiger partial charge on any atom is -0.497 e. The highest BCUT2D eigenvalue weighted by molar-refractivity contribution is 6.26. The molecule has 7 heteroatoms. The van der Waals surface area contributed by atoms with E-state index in [4.69, 9.17) is 9.47 Å². The van der Waals surface area contributed by atoms with Crippen LogP contribution in [0.1, 0.15) is 26.3 Å². The van der Waals surface area contributed by atoms with Crippen LogP contribution in [0, 0.1) is 0 Å². The lowest BCUT2D eigenvalue weighted by Crippen LogP contribution is -2.38. The highest BCUT2D eigenvalue weighted by atomic mass is 16.5. The van der Waals surface area contributed by atoms with E-state index < -0.39 is 11.8 Å². The van der Waals surface area contributed by atoms with E-state index in [2.05, 4.69) is 10.0 Å². The summed E-state index contributed by atoms with van der Waals surface area (Å²) in [5.41, 5.74) is 2.73. The van der Waals surface area contributed by atoms with Crippen LogP contribution >= 0.6 is 0 Å². The quantitative estimate of drug-likeness (QED) is 0.483. The first-order chi connectivity index (χ1) is 15.2. The van der Waals surface area contributed by atoms with Crippen molar-refractivity contribution >= 4 is 34.5 Å². The van der Waals surface area contributed by atoms with E-state index in [0.717, 1.165) is 40.5 Å². The summed E-state index contributed by atoms with van der Waals surface area (Å²) in [7, 11) is 1.59. The van der Waals surface area contributed by atoms with Gasteiger partial charge in [-0.1, -0.05) is 12.1 Å². The van der Waals surface area contributed by atoms with Crippen molar-refractivity contribution in [2.75, 3.05) is 38.3 Å². The number of ether oxygens (including phenoxy) is 2. The number of hydrogen-bond acceptors (Lipinski definition) is 6. The summed E-state index contributed by atoms with van der Waals surface area (Å²) in [6, 6.07) is 16.5. The Labute approximate surface area is 179 Å². The molecule has 2 aliphatic rings. The number of nitrogens with zero attached hydrogens (tertiary/aromatic N) is 3. The van der Waals surface area contributed by atoms with Crippen molar-refractivity contribution in [1.82, 2.24) is 5.01 Å². The first-order valence-corrected chi connectivity index (χ1v) is 10.1. The Kier molecular flexibility index (Phi) is 4.88. The first kappa shape index (κ1) is 19.3. The molecule has 156 valence electrons. The summed E-state index contributed by atoms with van der Waals surface area (Å²) in [5.74, 6) is -0.127. The number of rotatable bonds is 4. The number of methoxy groups -OCH3 is 1. The Hall–Kier alpha value is -3.71. The molecule has 31 heavy (non-hydrogen) atoms. The molecule has 0 atom stereocenters. The summed E-state index contributed by atoms with van der Waals surface area (Å²) in [4.78, 5) is 28.6. The van der Waals surface area contributed by atoms with E-state index in [1.54, 1.807) is 31.4 Å². The SMILES string of the molecule is COc1ccc(/C=N/N2C(=O)c3cccc4c(N5CCOCC5)ccc(c34)C2=O)cc1. The largest absolute Gasteiger partial charge is 0.497 e. The Morgan fingerprint density at radius 2 is 1.65 bits per heavy atom. The van der Waals surface area contributed by atoms with E-state index >= 15 is 0 Å². The van der Waals surface area contributed by atoms with Crippen molar-refractivity contribution in [3.63, 3.8) is 0 Å². The average molecular weight is 415 g/mol. The van der Waals surface area contributed by atoms with Gasteiger partial charge < -0.3 is 14.4 Å². The number of morpholine rings is 1. The molecule has 2 amide bonds. The summed E-state index contributed by atoms with van der Waals surface area (Å²) < 4.78 is 10.6. The van der Waals surface area contributed by atoms with Crippen molar-refractivity contribution in [2.24, 2.45) is 5.10 Å². The zero-order valence-corrected chi connectivity index (χ0v) is 17.1. The predicted octanol–water partition coefficient (Wildman–Crippen LogP) is 3.32. The Balaban J connectivity index is 1.53. The van der Waals surface area contributed by atoms with Gasteiger partial charge in [0, 0.05) is 29.5 Å². The van der Waals surface area contributed by atoms with Crippen LogP contribution < -0.4 is 9.64 Å². The molecule has 7 nitrogen and oxygen atoms in total. The number of benzene rings is 3. The Bertz CT molecular complexity index is 1180. The van der Waals surface area contributed by atoms with Crippen molar-refractivity contribution in [3.8, 4) is 5.75 Å². The molecule has 0 spiro atoms. The minimum atomic E-state index is -0.424. The number of carbonyl (C=O) groups excluding carboxylic acids is 2. The number of hydrogen-bond donors (Lipinski definition) is 0. The van der Waals surface area contributed by atoms with Crippen LogP contribution in [0.15, 0.2) is 59.7 Å². The second kappa shape index (κ2) is 7.85. The molecule has 1 fully saturated rings. The fourth-order valence-corrected chi connectivity index (χ4v) is 4.07. The Morgan fingerprint density at radius 1 is 0.935 bits per heavy atom. The van der Waals surface area contributed by atoms with Crippen LogP contribution in [-0.4, -0.2) is 56.5 Å². The number of anilines is 1. The molecule has 2 aliphatic heterocycles. The van der Waals surface area contributed by atoms with Crippen molar-refractivity contribution in [3.05, 3.63) is 71.3 Å². The highest BCUT2D eigenvalue weighted by Crippen LogP contribution is 2.36. The van der Waals surface area contributed by atoms with Crippen molar-refractivity contribution in [1.29, 1.82) is 0 Å². The smallest absolute Gasteiger partial charge is 0.282 e. The zero-order chi connectivity index (χ0) is 21.4. The molecule has 2 heterocycles. The number of hydrazone groups is 1. The Morgan fingerprint density at radius 3 is 2.35 bits per heavy atom. The van der Waals surface area contributed by atoms with Crippen molar-refractivity contribution in [2.45, 2.75) is 0 Å². The summed E-state index contributed by atoms with van der Waals surface area (Å²) in [6.45, 7) is 2.88. The van der Waals surface area contributed by atoms with E-state index in [1.807, 2.05) is 30.3 Å². The molecular weight excluding hydrogens is 394 g/mol. The van der Waals surface area contributed by atoms with E-state index in [9.17, 15) is 9.59 Å². The third kappa shape index (κ3) is 3.33. The number of amides is 2. The zero-order valence-electron chi connectivity index (χ0n) is 17.1. The van der Waals surface area contributed by atoms with Crippen LogP contribution in [0.5, 0.6) is 5.75 Å². The number of imide groups is 1. The summed E-state index contributed by atoms with van der Waals surface area (Å²) in [6.07, 6.45) is 1.50. The topological polar surface area (TPSA) is 71.4 Å². The van der Waals surface area contributed by atoms with Crippen LogP contribution in [0.2, 0.25) is 0 Å². The standard InChI is InChI=1S/C24H21N3O4/c1-30-17-7-5-16(6-8-17)15-25-27-23(28)19-4-2-3-18-21(26-11-13-31-14-12-26)10-9-20(22(18)19)24(27)29/h2-10,15H,11-14H2,1H3/b25-15+. The van der Waals surface area contributed by atoms with Gasteiger partial charge >= 0.3 is 0 Å². The van der Waals surface area contributed by atoms with E-state index in [1.165, 1.54) is 6.21 Å². The van der Waals surface area contributed by atoms with Gasteiger partial charge in [-0.25, -0.2) is 0 Å². The lowest BCUT2D eigenvalue weighted by Gasteiger charge is -2.31. The van der Waals surface area contributed by atoms with Gasteiger partial charge in [-0.3, -0.25) is 9.59 Å². The molecule has 1 saturated heterocycles. The number of carbonyl (C=O) groups is 2. The molecule has 0 unspecified atom stereocenters. The van der Waals surface area contributed by atoms with Gasteiger partial charge in [0.1, 0.15) is 5.75 Å². The van der Waals surface area contributed by atoms with Gasteiger partial charge in [0.05, 0.1) is 37.7 Å². The summed E-state index contributed by atoms with van der Waals surface area (Å²) in [5, 5.41) is 6.74. The van der Waals surface area contributed by atoms with Gasteiger partial charge in [0.2, 0.25) is 0 Å². The third-order valence-corrected chi connectivity index (χ3v) is 5.65. The van der Waals surface area contributed by atoms with Crippen LogP contribution in [0.25, 0.3) is 10.8 Å². The van der Waals surface area contributed by atoms with Crippen LogP contribution in [-0.2, 0) is 4.74 Å².